The standard InChI is InChI=1S/C30H34N5O8P/c1-18(2)41-29(37)20(4)34-44(39,40-17-21-16-19(3)28(42-21)35-15-12-26(36)33-30(35)38)43-25-11-6-5-8-22(25)23-9-7-10-24-27(23)32-14-13-31-24/h5-15,18-21,28H,16-17H2,1-4H3,(H,34,39)(H,33,36,38)/t19?,20-,21-,28+,44?/m0/s1. The van der Waals surface area contributed by atoms with Gasteiger partial charge in [-0.2, -0.15) is 5.09 Å². The maximum Gasteiger partial charge on any atom is 0.459 e. The van der Waals surface area contributed by atoms with Crippen LogP contribution in [0.5, 0.6) is 5.75 Å². The highest BCUT2D eigenvalue weighted by molar-refractivity contribution is 7.52. The molecule has 1 aliphatic heterocycles. The lowest BCUT2D eigenvalue weighted by Crippen LogP contribution is -2.36. The monoisotopic (exact) mass is 623 g/mol. The van der Waals surface area contributed by atoms with Gasteiger partial charge in [-0.3, -0.25) is 33.6 Å². The third-order valence-corrected chi connectivity index (χ3v) is 8.59. The summed E-state index contributed by atoms with van der Waals surface area (Å²) in [7, 11) is -4.27. The van der Waals surface area contributed by atoms with Crippen molar-refractivity contribution in [2.75, 3.05) is 6.61 Å². The Morgan fingerprint density at radius 3 is 2.61 bits per heavy atom. The van der Waals surface area contributed by atoms with Gasteiger partial charge in [0.05, 0.1) is 29.8 Å². The van der Waals surface area contributed by atoms with E-state index in [0.717, 1.165) is 0 Å². The van der Waals surface area contributed by atoms with E-state index in [-0.39, 0.29) is 24.4 Å². The highest BCUT2D eigenvalue weighted by atomic mass is 31.2. The maximum absolute atomic E-state index is 14.4. The zero-order chi connectivity index (χ0) is 31.4. The second-order valence-electron chi connectivity index (χ2n) is 10.8. The molecule has 1 saturated heterocycles. The first-order valence-electron chi connectivity index (χ1n) is 14.2. The van der Waals surface area contributed by atoms with Crippen molar-refractivity contribution in [3.8, 4) is 16.9 Å². The molecule has 1 fully saturated rings. The molecule has 3 heterocycles. The summed E-state index contributed by atoms with van der Waals surface area (Å²) in [5, 5.41) is 2.71. The Hall–Kier alpha value is -4.16. The van der Waals surface area contributed by atoms with Gasteiger partial charge in [0.25, 0.3) is 5.56 Å². The lowest BCUT2D eigenvalue weighted by atomic mass is 10.0. The average molecular weight is 624 g/mol. The van der Waals surface area contributed by atoms with Gasteiger partial charge in [0, 0.05) is 41.7 Å². The first kappa shape index (κ1) is 31.3. The van der Waals surface area contributed by atoms with Crippen LogP contribution in [-0.2, 0) is 23.4 Å². The van der Waals surface area contributed by atoms with Crippen molar-refractivity contribution in [3.05, 3.63) is 88.0 Å². The Kier molecular flexibility index (Phi) is 9.40. The van der Waals surface area contributed by atoms with E-state index >= 15 is 0 Å². The number of benzene rings is 2. The molecule has 2 N–H and O–H groups in total. The van der Waals surface area contributed by atoms with Gasteiger partial charge in [0.2, 0.25) is 0 Å². The molecule has 2 aromatic heterocycles. The van der Waals surface area contributed by atoms with Crippen LogP contribution in [0, 0.1) is 5.92 Å². The third kappa shape index (κ3) is 7.13. The summed E-state index contributed by atoms with van der Waals surface area (Å²) in [5.74, 6) is -0.536. The molecule has 4 aromatic rings. The number of esters is 1. The quantitative estimate of drug-likeness (QED) is 0.182. The van der Waals surface area contributed by atoms with Crippen LogP contribution in [0.2, 0.25) is 0 Å². The van der Waals surface area contributed by atoms with Crippen LogP contribution in [0.15, 0.2) is 76.7 Å². The van der Waals surface area contributed by atoms with Gasteiger partial charge in [0.1, 0.15) is 18.0 Å². The average Bonchev–Trinajstić information content (AvgIpc) is 3.35. The lowest BCUT2D eigenvalue weighted by Gasteiger charge is -2.25. The Morgan fingerprint density at radius 2 is 1.84 bits per heavy atom. The number of aromatic amines is 1. The zero-order valence-corrected chi connectivity index (χ0v) is 25.6. The molecule has 0 bridgehead atoms. The van der Waals surface area contributed by atoms with Gasteiger partial charge in [0.15, 0.2) is 0 Å². The summed E-state index contributed by atoms with van der Waals surface area (Å²) in [6.07, 6.45) is 3.39. The number of H-pyrrole nitrogens is 1. The molecule has 0 saturated carbocycles. The van der Waals surface area contributed by atoms with Gasteiger partial charge >= 0.3 is 19.4 Å². The van der Waals surface area contributed by atoms with Crippen LogP contribution < -0.4 is 20.9 Å². The van der Waals surface area contributed by atoms with Gasteiger partial charge in [-0.1, -0.05) is 37.3 Å². The van der Waals surface area contributed by atoms with E-state index in [0.29, 0.717) is 28.6 Å². The fourth-order valence-electron chi connectivity index (χ4n) is 5.00. The first-order valence-corrected chi connectivity index (χ1v) is 15.8. The van der Waals surface area contributed by atoms with E-state index in [4.69, 9.17) is 18.5 Å². The minimum absolute atomic E-state index is 0.131. The summed E-state index contributed by atoms with van der Waals surface area (Å²) in [5.41, 5.74) is 1.48. The van der Waals surface area contributed by atoms with Gasteiger partial charge in [-0.15, -0.1) is 0 Å². The molecule has 5 rings (SSSR count). The molecular formula is C30H34N5O8P. The van der Waals surface area contributed by atoms with Crippen LogP contribution in [-0.4, -0.2) is 50.3 Å². The Bertz CT molecular complexity index is 1800. The van der Waals surface area contributed by atoms with E-state index in [1.165, 1.54) is 23.8 Å². The van der Waals surface area contributed by atoms with Gasteiger partial charge < -0.3 is 14.0 Å². The molecule has 0 spiro atoms. The molecule has 2 unspecified atom stereocenters. The predicted molar refractivity (Wildman–Crippen MR) is 162 cm³/mol. The normalized spacial score (nSPS) is 20.3. The second-order valence-corrected chi connectivity index (χ2v) is 12.5. The molecule has 44 heavy (non-hydrogen) atoms. The van der Waals surface area contributed by atoms with E-state index in [1.807, 2.05) is 31.2 Å². The number of fused-ring (bicyclic) bond motifs is 1. The van der Waals surface area contributed by atoms with E-state index in [9.17, 15) is 18.9 Å². The number of nitrogens with one attached hydrogen (secondary N) is 2. The van der Waals surface area contributed by atoms with Crippen molar-refractivity contribution in [2.24, 2.45) is 5.92 Å². The van der Waals surface area contributed by atoms with Crippen LogP contribution in [0.3, 0.4) is 0 Å². The highest BCUT2D eigenvalue weighted by Crippen LogP contribution is 2.49. The topological polar surface area (TPSA) is 164 Å². The molecule has 232 valence electrons. The van der Waals surface area contributed by atoms with Gasteiger partial charge in [-0.25, -0.2) is 9.36 Å². The van der Waals surface area contributed by atoms with Crippen LogP contribution in [0.1, 0.15) is 40.3 Å². The number of para-hydroxylation sites is 2. The molecule has 14 heteroatoms. The summed E-state index contributed by atoms with van der Waals surface area (Å²) >= 11 is 0. The number of nitrogens with zero attached hydrogens (tertiary/aromatic N) is 3. The van der Waals surface area contributed by atoms with Crippen molar-refractivity contribution in [1.29, 1.82) is 0 Å². The summed E-state index contributed by atoms with van der Waals surface area (Å²) < 4.78 is 39.1. The smallest absolute Gasteiger partial charge is 0.459 e. The number of carbonyl (C=O) groups excluding carboxylic acids is 1. The number of hydrogen-bond donors (Lipinski definition) is 2. The largest absolute Gasteiger partial charge is 0.462 e. The summed E-state index contributed by atoms with van der Waals surface area (Å²) in [4.78, 5) is 47.6. The van der Waals surface area contributed by atoms with E-state index < -0.39 is 43.3 Å². The minimum atomic E-state index is -4.27. The van der Waals surface area contributed by atoms with Crippen molar-refractivity contribution < 1.29 is 27.9 Å². The van der Waals surface area contributed by atoms with Crippen molar-refractivity contribution in [3.63, 3.8) is 0 Å². The number of carbonyl (C=O) groups is 1. The van der Waals surface area contributed by atoms with Crippen molar-refractivity contribution >= 4 is 24.7 Å². The van der Waals surface area contributed by atoms with Crippen LogP contribution >= 0.6 is 7.75 Å². The lowest BCUT2D eigenvalue weighted by molar-refractivity contribution is -0.149. The van der Waals surface area contributed by atoms with Crippen molar-refractivity contribution in [1.82, 2.24) is 24.6 Å². The van der Waals surface area contributed by atoms with Crippen LogP contribution in [0.4, 0.5) is 0 Å². The molecule has 5 atom stereocenters. The molecule has 13 nitrogen and oxygen atoms in total. The number of aromatic nitrogens is 4. The Labute approximate surface area is 253 Å². The SMILES string of the molecule is CC(C)OC(=O)[C@H](C)NP(=O)(OC[C@@H]1CC(C)[C@H](n2ccc(=O)[nH]c2=O)O1)Oc1ccccc1-c1cccc2nccnc12. The molecule has 2 aromatic carbocycles. The molecule has 0 radical (unpaired) electrons. The highest BCUT2D eigenvalue weighted by Gasteiger charge is 2.38. The van der Waals surface area contributed by atoms with E-state index in [2.05, 4.69) is 20.0 Å². The second kappa shape index (κ2) is 13.2. The van der Waals surface area contributed by atoms with Crippen molar-refractivity contribution in [2.45, 2.75) is 58.6 Å². The maximum atomic E-state index is 14.4. The molecule has 1 aliphatic rings. The van der Waals surface area contributed by atoms with Gasteiger partial charge in [-0.05, 0) is 39.3 Å². The molecule has 0 aliphatic carbocycles. The minimum Gasteiger partial charge on any atom is -0.462 e. The fraction of sp³-hybridized carbons (Fsp3) is 0.367. The molecule has 0 amide bonds. The summed E-state index contributed by atoms with van der Waals surface area (Å²) in [6, 6.07) is 12.7. The number of ether oxygens (including phenoxy) is 2. The summed E-state index contributed by atoms with van der Waals surface area (Å²) in [6.45, 7) is 6.64. The Balaban J connectivity index is 1.41. The molecular weight excluding hydrogens is 589 g/mol. The Morgan fingerprint density at radius 1 is 1.09 bits per heavy atom. The third-order valence-electron chi connectivity index (χ3n) is 6.96. The number of rotatable bonds is 11. The zero-order valence-electron chi connectivity index (χ0n) is 24.7. The fourth-order valence-corrected chi connectivity index (χ4v) is 6.54. The predicted octanol–water partition coefficient (Wildman–Crippen LogP) is 4.20. The van der Waals surface area contributed by atoms with Crippen LogP contribution in [0.25, 0.3) is 22.2 Å². The first-order chi connectivity index (χ1) is 21.0. The van der Waals surface area contributed by atoms with E-state index in [1.54, 1.807) is 44.4 Å². The number of hydrogen-bond acceptors (Lipinski definition) is 10.